The van der Waals surface area contributed by atoms with E-state index < -0.39 is 12.0 Å². The first-order chi connectivity index (χ1) is 14.1. The van der Waals surface area contributed by atoms with Crippen LogP contribution in [-0.2, 0) is 17.9 Å². The van der Waals surface area contributed by atoms with Crippen LogP contribution >= 0.6 is 0 Å². The van der Waals surface area contributed by atoms with Crippen molar-refractivity contribution in [2.75, 3.05) is 6.54 Å². The van der Waals surface area contributed by atoms with E-state index in [1.54, 1.807) is 0 Å². The zero-order chi connectivity index (χ0) is 20.2. The molecule has 0 saturated carbocycles. The van der Waals surface area contributed by atoms with E-state index in [-0.39, 0.29) is 0 Å². The van der Waals surface area contributed by atoms with Crippen LogP contribution in [0.25, 0.3) is 11.5 Å². The summed E-state index contributed by atoms with van der Waals surface area (Å²) in [5.74, 6) is 1.31. The predicted octanol–water partition coefficient (Wildman–Crippen LogP) is 4.28. The lowest BCUT2D eigenvalue weighted by atomic mass is 10.1. The number of carbonyl (C=O) groups is 1. The van der Waals surface area contributed by atoms with Gasteiger partial charge in [-0.05, 0) is 56.1 Å². The van der Waals surface area contributed by atoms with Crippen LogP contribution in [0, 0.1) is 6.92 Å². The average molecular weight is 392 g/mol. The second kappa shape index (κ2) is 8.49. The molecule has 0 bridgehead atoms. The molecule has 1 aliphatic heterocycles. The molecule has 3 aromatic rings. The molecule has 1 saturated heterocycles. The van der Waals surface area contributed by atoms with E-state index in [0.717, 1.165) is 41.3 Å². The lowest BCUT2D eigenvalue weighted by molar-refractivity contribution is -0.142. The topological polar surface area (TPSA) is 75.8 Å². The Morgan fingerprint density at radius 1 is 1.24 bits per heavy atom. The Labute approximate surface area is 169 Å². The van der Waals surface area contributed by atoms with Gasteiger partial charge in [-0.15, -0.1) is 0 Å². The molecule has 150 valence electrons. The van der Waals surface area contributed by atoms with Crippen molar-refractivity contribution in [1.82, 2.24) is 9.88 Å². The molecule has 2 aromatic carbocycles. The zero-order valence-electron chi connectivity index (χ0n) is 16.4. The summed E-state index contributed by atoms with van der Waals surface area (Å²) in [7, 11) is 0. The van der Waals surface area contributed by atoms with Crippen LogP contribution in [0.15, 0.2) is 59.0 Å². The maximum atomic E-state index is 11.4. The average Bonchev–Trinajstić information content (AvgIpc) is 3.34. The highest BCUT2D eigenvalue weighted by atomic mass is 16.5. The third-order valence-electron chi connectivity index (χ3n) is 5.22. The molecule has 6 nitrogen and oxygen atoms in total. The molecule has 29 heavy (non-hydrogen) atoms. The van der Waals surface area contributed by atoms with E-state index in [0.29, 0.717) is 25.5 Å². The Kier molecular flexibility index (Phi) is 5.62. The lowest BCUT2D eigenvalue weighted by Crippen LogP contribution is -2.35. The molecular weight excluding hydrogens is 368 g/mol. The van der Waals surface area contributed by atoms with Crippen LogP contribution in [0.3, 0.4) is 0 Å². The fraction of sp³-hybridized carbons (Fsp3) is 0.304. The molecule has 1 atom stereocenters. The Hall–Kier alpha value is -3.12. The number of aryl methyl sites for hydroxylation is 1. The van der Waals surface area contributed by atoms with Gasteiger partial charge in [0.1, 0.15) is 29.9 Å². The SMILES string of the molecule is Cc1oc(-c2ccccc2)nc1COc1cccc(CN2CCC[C@@H]2C(=O)O)c1. The second-order valence-corrected chi connectivity index (χ2v) is 7.29. The minimum Gasteiger partial charge on any atom is -0.487 e. The summed E-state index contributed by atoms with van der Waals surface area (Å²) in [5, 5.41) is 9.35. The second-order valence-electron chi connectivity index (χ2n) is 7.29. The number of nitrogens with zero attached hydrogens (tertiary/aromatic N) is 2. The molecule has 4 rings (SSSR count). The number of oxazole rings is 1. The molecule has 0 spiro atoms. The molecule has 0 unspecified atom stereocenters. The lowest BCUT2D eigenvalue weighted by Gasteiger charge is -2.21. The van der Waals surface area contributed by atoms with Crippen LogP contribution in [0.5, 0.6) is 5.75 Å². The summed E-state index contributed by atoms with van der Waals surface area (Å²) >= 11 is 0. The van der Waals surface area contributed by atoms with Crippen LogP contribution < -0.4 is 4.74 Å². The van der Waals surface area contributed by atoms with Crippen LogP contribution in [0.1, 0.15) is 29.9 Å². The number of likely N-dealkylation sites (tertiary alicyclic amines) is 1. The van der Waals surface area contributed by atoms with Crippen molar-refractivity contribution in [3.05, 3.63) is 71.6 Å². The molecule has 1 aliphatic rings. The molecule has 1 N–H and O–H groups in total. The van der Waals surface area contributed by atoms with Crippen molar-refractivity contribution >= 4 is 5.97 Å². The normalized spacial score (nSPS) is 16.8. The van der Waals surface area contributed by atoms with Crippen molar-refractivity contribution in [3.63, 3.8) is 0 Å². The molecule has 6 heteroatoms. The number of hydrogen-bond donors (Lipinski definition) is 1. The minimum absolute atomic E-state index is 0.313. The van der Waals surface area contributed by atoms with Gasteiger partial charge in [-0.1, -0.05) is 30.3 Å². The number of hydrogen-bond acceptors (Lipinski definition) is 5. The molecule has 1 fully saturated rings. The number of benzene rings is 2. The summed E-state index contributed by atoms with van der Waals surface area (Å²) in [4.78, 5) is 18.0. The maximum absolute atomic E-state index is 11.4. The van der Waals surface area contributed by atoms with E-state index in [1.165, 1.54) is 0 Å². The summed E-state index contributed by atoms with van der Waals surface area (Å²) in [6.45, 7) is 3.61. The van der Waals surface area contributed by atoms with Crippen LogP contribution in [0.4, 0.5) is 0 Å². The molecule has 0 amide bonds. The summed E-state index contributed by atoms with van der Waals surface area (Å²) in [5.41, 5.74) is 2.74. The predicted molar refractivity (Wildman–Crippen MR) is 109 cm³/mol. The van der Waals surface area contributed by atoms with E-state index in [1.807, 2.05) is 66.4 Å². The van der Waals surface area contributed by atoms with Gasteiger partial charge in [-0.3, -0.25) is 9.69 Å². The smallest absolute Gasteiger partial charge is 0.320 e. The first-order valence-corrected chi connectivity index (χ1v) is 9.80. The summed E-state index contributed by atoms with van der Waals surface area (Å²) in [6, 6.07) is 17.2. The van der Waals surface area contributed by atoms with Gasteiger partial charge in [0, 0.05) is 12.1 Å². The molecular formula is C23H24N2O4. The highest BCUT2D eigenvalue weighted by Crippen LogP contribution is 2.24. The van der Waals surface area contributed by atoms with E-state index in [2.05, 4.69) is 4.98 Å². The third kappa shape index (κ3) is 4.49. The quantitative estimate of drug-likeness (QED) is 0.647. The number of aromatic nitrogens is 1. The van der Waals surface area contributed by atoms with Crippen molar-refractivity contribution in [2.45, 2.75) is 39.0 Å². The molecule has 0 aliphatic carbocycles. The highest BCUT2D eigenvalue weighted by Gasteiger charge is 2.30. The van der Waals surface area contributed by atoms with Crippen LogP contribution in [-0.4, -0.2) is 33.5 Å². The molecule has 0 radical (unpaired) electrons. The largest absolute Gasteiger partial charge is 0.487 e. The van der Waals surface area contributed by atoms with Crippen molar-refractivity contribution in [2.24, 2.45) is 0 Å². The molecule has 1 aromatic heterocycles. The third-order valence-corrected chi connectivity index (χ3v) is 5.22. The summed E-state index contributed by atoms with van der Waals surface area (Å²) in [6.07, 6.45) is 1.63. The van der Waals surface area contributed by atoms with E-state index in [9.17, 15) is 9.90 Å². The number of ether oxygens (including phenoxy) is 1. The Morgan fingerprint density at radius 3 is 2.86 bits per heavy atom. The van der Waals surface area contributed by atoms with Gasteiger partial charge in [0.15, 0.2) is 0 Å². The Morgan fingerprint density at radius 2 is 2.07 bits per heavy atom. The maximum Gasteiger partial charge on any atom is 0.320 e. The van der Waals surface area contributed by atoms with Crippen LogP contribution in [0.2, 0.25) is 0 Å². The molecule has 2 heterocycles. The van der Waals surface area contributed by atoms with Gasteiger partial charge < -0.3 is 14.3 Å². The minimum atomic E-state index is -0.745. The van der Waals surface area contributed by atoms with Gasteiger partial charge in [0.2, 0.25) is 5.89 Å². The van der Waals surface area contributed by atoms with Gasteiger partial charge in [0.25, 0.3) is 0 Å². The number of carboxylic acid groups (broad SMARTS) is 1. The van der Waals surface area contributed by atoms with Crippen molar-refractivity contribution in [1.29, 1.82) is 0 Å². The highest BCUT2D eigenvalue weighted by molar-refractivity contribution is 5.73. The number of aliphatic carboxylic acids is 1. The Balaban J connectivity index is 1.41. The summed E-state index contributed by atoms with van der Waals surface area (Å²) < 4.78 is 11.7. The van der Waals surface area contributed by atoms with E-state index in [4.69, 9.17) is 9.15 Å². The van der Waals surface area contributed by atoms with Crippen molar-refractivity contribution in [3.8, 4) is 17.2 Å². The number of carboxylic acids is 1. The fourth-order valence-corrected chi connectivity index (χ4v) is 3.68. The zero-order valence-corrected chi connectivity index (χ0v) is 16.4. The fourth-order valence-electron chi connectivity index (χ4n) is 3.68. The monoisotopic (exact) mass is 392 g/mol. The standard InChI is InChI=1S/C23H24N2O4/c1-16-20(24-22(29-16)18-8-3-2-4-9-18)15-28-19-10-5-7-17(13-19)14-25-12-6-11-21(25)23(26)27/h2-5,7-10,13,21H,6,11-12,14-15H2,1H3,(H,26,27)/t21-/m1/s1. The van der Waals surface area contributed by atoms with Gasteiger partial charge in [-0.25, -0.2) is 4.98 Å². The van der Waals surface area contributed by atoms with Gasteiger partial charge in [-0.2, -0.15) is 0 Å². The first-order valence-electron chi connectivity index (χ1n) is 9.80. The van der Waals surface area contributed by atoms with E-state index >= 15 is 0 Å². The number of rotatable bonds is 7. The first kappa shape index (κ1) is 19.2. The Bertz CT molecular complexity index is 984. The van der Waals surface area contributed by atoms with Crippen molar-refractivity contribution < 1.29 is 19.1 Å². The van der Waals surface area contributed by atoms with Gasteiger partial charge >= 0.3 is 5.97 Å². The van der Waals surface area contributed by atoms with Gasteiger partial charge in [0.05, 0.1) is 0 Å².